The molecule has 8 heteroatoms. The Bertz CT molecular complexity index is 1080. The number of likely N-dealkylation sites (tertiary alicyclic amines) is 1. The summed E-state index contributed by atoms with van der Waals surface area (Å²) in [5.41, 5.74) is 0.845. The predicted molar refractivity (Wildman–Crippen MR) is 125 cm³/mol. The topological polar surface area (TPSA) is 83.9 Å². The number of amides is 1. The Balaban J connectivity index is 1.17. The first-order valence-corrected chi connectivity index (χ1v) is 12.3. The molecule has 7 nitrogen and oxygen atoms in total. The summed E-state index contributed by atoms with van der Waals surface area (Å²) in [6.07, 6.45) is 3.30. The summed E-state index contributed by atoms with van der Waals surface area (Å²) in [6, 6.07) is 6.09. The molecular weight excluding hydrogens is 442 g/mol. The first-order chi connectivity index (χ1) is 15.9. The van der Waals surface area contributed by atoms with Crippen LogP contribution in [0.25, 0.3) is 10.8 Å². The Morgan fingerprint density at radius 2 is 1.91 bits per heavy atom. The van der Waals surface area contributed by atoms with Crippen LogP contribution in [0.2, 0.25) is 5.02 Å². The van der Waals surface area contributed by atoms with Crippen molar-refractivity contribution in [3.8, 4) is 0 Å². The number of halogens is 1. The van der Waals surface area contributed by atoms with Crippen molar-refractivity contribution in [3.63, 3.8) is 0 Å². The molecule has 33 heavy (non-hydrogen) atoms. The summed E-state index contributed by atoms with van der Waals surface area (Å²) >= 11 is 6.70. The van der Waals surface area contributed by atoms with Crippen LogP contribution in [0.1, 0.15) is 31.2 Å². The number of carbonyl (C=O) groups excluding carboxylic acids is 1. The van der Waals surface area contributed by atoms with Gasteiger partial charge in [-0.2, -0.15) is 0 Å². The number of fused-ring (bicyclic) bond motifs is 2. The molecule has 3 saturated heterocycles. The zero-order valence-corrected chi connectivity index (χ0v) is 19.6. The lowest BCUT2D eigenvalue weighted by molar-refractivity contribution is -0.118. The summed E-state index contributed by atoms with van der Waals surface area (Å²) in [4.78, 5) is 19.4. The molecule has 4 atom stereocenters. The molecule has 1 aromatic heterocycles. The fourth-order valence-electron chi connectivity index (χ4n) is 6.06. The third-order valence-corrected chi connectivity index (χ3v) is 8.72. The Kier molecular flexibility index (Phi) is 5.38. The van der Waals surface area contributed by atoms with Gasteiger partial charge < -0.3 is 19.9 Å². The Labute approximate surface area is 198 Å². The number of carbonyl (C=O) groups is 1. The number of nitrogens with zero attached hydrogens (tertiary/aromatic N) is 2. The second kappa shape index (κ2) is 8.17. The van der Waals surface area contributed by atoms with Gasteiger partial charge in [0.15, 0.2) is 0 Å². The van der Waals surface area contributed by atoms with Gasteiger partial charge in [0.1, 0.15) is 5.82 Å². The smallest absolute Gasteiger partial charge is 0.229 e. The van der Waals surface area contributed by atoms with Gasteiger partial charge in [-0.3, -0.25) is 9.69 Å². The minimum absolute atomic E-state index is 0.0493. The maximum Gasteiger partial charge on any atom is 0.229 e. The number of aliphatic hydroxyl groups excluding tert-OH is 1. The molecule has 176 valence electrons. The van der Waals surface area contributed by atoms with E-state index in [2.05, 4.69) is 28.2 Å². The minimum atomic E-state index is -0.442. The Morgan fingerprint density at radius 3 is 2.61 bits per heavy atom. The van der Waals surface area contributed by atoms with Gasteiger partial charge in [0.05, 0.1) is 38.1 Å². The minimum Gasteiger partial charge on any atom is -0.389 e. The number of rotatable bonds is 4. The van der Waals surface area contributed by atoms with Gasteiger partial charge >= 0.3 is 0 Å². The highest BCUT2D eigenvalue weighted by Crippen LogP contribution is 2.51. The zero-order chi connectivity index (χ0) is 22.7. The van der Waals surface area contributed by atoms with Crippen molar-refractivity contribution >= 4 is 34.1 Å². The van der Waals surface area contributed by atoms with Crippen molar-refractivity contribution in [3.05, 3.63) is 35.0 Å². The zero-order valence-electron chi connectivity index (χ0n) is 18.8. The van der Waals surface area contributed by atoms with Crippen LogP contribution in [0.3, 0.4) is 0 Å². The molecule has 4 unspecified atom stereocenters. The highest BCUT2D eigenvalue weighted by molar-refractivity contribution is 6.32. The van der Waals surface area contributed by atoms with Crippen LogP contribution in [-0.4, -0.2) is 72.1 Å². The van der Waals surface area contributed by atoms with E-state index in [0.29, 0.717) is 50.0 Å². The quantitative estimate of drug-likeness (QED) is 0.713. The fourth-order valence-corrected chi connectivity index (χ4v) is 6.39. The number of piperidine rings is 1. The first-order valence-electron chi connectivity index (χ1n) is 11.9. The van der Waals surface area contributed by atoms with Crippen LogP contribution in [0.4, 0.5) is 5.82 Å². The van der Waals surface area contributed by atoms with Gasteiger partial charge in [-0.1, -0.05) is 11.6 Å². The van der Waals surface area contributed by atoms with Gasteiger partial charge in [-0.15, -0.1) is 0 Å². The van der Waals surface area contributed by atoms with Gasteiger partial charge in [0, 0.05) is 22.5 Å². The highest BCUT2D eigenvalue weighted by atomic mass is 35.5. The molecule has 2 aromatic rings. The number of hydrogen-bond acceptors (Lipinski definition) is 6. The van der Waals surface area contributed by atoms with Gasteiger partial charge in [0.2, 0.25) is 5.91 Å². The van der Waals surface area contributed by atoms with E-state index < -0.39 is 6.10 Å². The number of benzene rings is 1. The molecule has 2 N–H and O–H groups in total. The third kappa shape index (κ3) is 3.74. The van der Waals surface area contributed by atoms with Crippen LogP contribution in [0, 0.1) is 17.8 Å². The van der Waals surface area contributed by atoms with E-state index in [9.17, 15) is 9.90 Å². The number of aliphatic hydroxyl groups is 1. The SMILES string of the molecule is CC1(N2CCC(c3cc4cc(NC(=O)C5C6COCC65)ncc4cc3Cl)CC2)COCC1O. The molecule has 4 fully saturated rings. The molecule has 0 bridgehead atoms. The number of aromatic nitrogens is 1. The van der Waals surface area contributed by atoms with Crippen LogP contribution in [0.5, 0.6) is 0 Å². The highest BCUT2D eigenvalue weighted by Gasteiger charge is 2.58. The molecular formula is C25H30ClN3O4. The van der Waals surface area contributed by atoms with Crippen LogP contribution < -0.4 is 5.32 Å². The van der Waals surface area contributed by atoms with E-state index in [-0.39, 0.29) is 17.4 Å². The average Bonchev–Trinajstić information content (AvgIpc) is 3.09. The largest absolute Gasteiger partial charge is 0.389 e. The van der Waals surface area contributed by atoms with Gasteiger partial charge in [-0.25, -0.2) is 4.98 Å². The second-order valence-corrected chi connectivity index (χ2v) is 10.7. The lowest BCUT2D eigenvalue weighted by Crippen LogP contribution is -2.56. The van der Waals surface area contributed by atoms with Crippen LogP contribution >= 0.6 is 11.6 Å². The van der Waals surface area contributed by atoms with E-state index in [1.165, 1.54) is 0 Å². The Hall–Kier alpha value is -1.77. The lowest BCUT2D eigenvalue weighted by Gasteiger charge is -2.43. The molecule has 1 aliphatic carbocycles. The molecule has 0 spiro atoms. The number of nitrogens with one attached hydrogen (secondary N) is 1. The molecule has 4 heterocycles. The maximum atomic E-state index is 12.6. The molecule has 6 rings (SSSR count). The fraction of sp³-hybridized carbons (Fsp3) is 0.600. The summed E-state index contributed by atoms with van der Waals surface area (Å²) < 4.78 is 10.9. The lowest BCUT2D eigenvalue weighted by atomic mass is 9.85. The van der Waals surface area contributed by atoms with E-state index >= 15 is 0 Å². The standard InChI is InChI=1S/C25H30ClN3O4/c1-25(13-33-12-21(25)30)29-4-2-14(3-5-29)17-6-15-8-22(27-9-16(15)7-20(17)26)28-24(31)23-18-10-32-11-19(18)23/h6-9,14,18-19,21,23,30H,2-5,10-13H2,1H3,(H,27,28,31). The van der Waals surface area contributed by atoms with E-state index in [4.69, 9.17) is 21.1 Å². The van der Waals surface area contributed by atoms with E-state index in [0.717, 1.165) is 47.3 Å². The normalized spacial score (nSPS) is 34.5. The number of hydrogen-bond donors (Lipinski definition) is 2. The van der Waals surface area contributed by atoms with Crippen molar-refractivity contribution in [1.82, 2.24) is 9.88 Å². The summed E-state index contributed by atoms with van der Waals surface area (Å²) in [7, 11) is 0. The van der Waals surface area contributed by atoms with E-state index in [1.54, 1.807) is 6.20 Å². The average molecular weight is 472 g/mol. The molecule has 4 aliphatic rings. The van der Waals surface area contributed by atoms with Gasteiger partial charge in [0.25, 0.3) is 0 Å². The van der Waals surface area contributed by atoms with Crippen LogP contribution in [0.15, 0.2) is 24.4 Å². The number of anilines is 1. The second-order valence-electron chi connectivity index (χ2n) is 10.3. The molecule has 1 amide bonds. The molecule has 1 aromatic carbocycles. The summed E-state index contributed by atoms with van der Waals surface area (Å²) in [5, 5.41) is 16.2. The Morgan fingerprint density at radius 1 is 1.15 bits per heavy atom. The van der Waals surface area contributed by atoms with Crippen molar-refractivity contribution in [2.75, 3.05) is 44.8 Å². The molecule has 3 aliphatic heterocycles. The maximum absolute atomic E-state index is 12.6. The van der Waals surface area contributed by atoms with Gasteiger partial charge in [-0.05, 0) is 79.8 Å². The summed E-state index contributed by atoms with van der Waals surface area (Å²) in [5.74, 6) is 1.81. The predicted octanol–water partition coefficient (Wildman–Crippen LogP) is 3.05. The van der Waals surface area contributed by atoms with Crippen molar-refractivity contribution < 1.29 is 19.4 Å². The van der Waals surface area contributed by atoms with Crippen molar-refractivity contribution in [2.45, 2.75) is 37.3 Å². The molecule has 1 saturated carbocycles. The first kappa shape index (κ1) is 21.7. The number of ether oxygens (including phenoxy) is 2. The monoisotopic (exact) mass is 471 g/mol. The third-order valence-electron chi connectivity index (χ3n) is 8.39. The van der Waals surface area contributed by atoms with Crippen LogP contribution in [-0.2, 0) is 14.3 Å². The summed E-state index contributed by atoms with van der Waals surface area (Å²) in [6.45, 7) is 6.28. The van der Waals surface area contributed by atoms with Crippen molar-refractivity contribution in [2.24, 2.45) is 17.8 Å². The van der Waals surface area contributed by atoms with E-state index in [1.807, 2.05) is 12.1 Å². The molecule has 0 radical (unpaired) electrons. The number of pyridine rings is 1. The van der Waals surface area contributed by atoms with Crippen molar-refractivity contribution in [1.29, 1.82) is 0 Å².